The Balaban J connectivity index is 2.60. The maximum absolute atomic E-state index is 14.4. The first kappa shape index (κ1) is 32.4. The third-order valence-corrected chi connectivity index (χ3v) is 6.21. The number of nitrogens with one attached hydrogen (secondary N) is 2. The van der Waals surface area contributed by atoms with Crippen LogP contribution in [-0.2, 0) is 20.7 Å². The Morgan fingerprint density at radius 2 is 1.60 bits per heavy atom. The fourth-order valence-electron chi connectivity index (χ4n) is 4.46. The normalized spacial score (nSPS) is 12.7. The van der Waals surface area contributed by atoms with E-state index in [1.165, 1.54) is 0 Å². The first-order chi connectivity index (χ1) is 19.0. The first-order valence-electron chi connectivity index (χ1n) is 14.2. The van der Waals surface area contributed by atoms with Crippen LogP contribution in [0.3, 0.4) is 0 Å². The van der Waals surface area contributed by atoms with Gasteiger partial charge in [0.2, 0.25) is 11.8 Å². The predicted octanol–water partition coefficient (Wildman–Crippen LogP) is 5.78. The van der Waals surface area contributed by atoms with E-state index < -0.39 is 23.8 Å². The van der Waals surface area contributed by atoms with Crippen molar-refractivity contribution in [2.45, 2.75) is 97.4 Å². The Kier molecular flexibility index (Phi) is 12.7. The maximum atomic E-state index is 14.4. The number of terminal acetylenes is 1. The van der Waals surface area contributed by atoms with E-state index in [2.05, 4.69) is 23.5 Å². The van der Waals surface area contributed by atoms with Crippen molar-refractivity contribution >= 4 is 17.9 Å². The lowest BCUT2D eigenvalue weighted by Gasteiger charge is -2.35. The summed E-state index contributed by atoms with van der Waals surface area (Å²) in [6.07, 6.45) is 9.02. The number of carbonyl (C=O) groups excluding carboxylic acids is 3. The van der Waals surface area contributed by atoms with Crippen molar-refractivity contribution in [1.82, 2.24) is 15.5 Å². The number of amides is 3. The number of hydrogen-bond acceptors (Lipinski definition) is 4. The molecular formula is C33H45N3O4. The topological polar surface area (TPSA) is 87.7 Å². The summed E-state index contributed by atoms with van der Waals surface area (Å²) in [5, 5.41) is 5.77. The van der Waals surface area contributed by atoms with E-state index in [-0.39, 0.29) is 24.3 Å². The van der Waals surface area contributed by atoms with Crippen LogP contribution in [0, 0.1) is 12.3 Å². The van der Waals surface area contributed by atoms with Gasteiger partial charge in [-0.15, -0.1) is 6.42 Å². The van der Waals surface area contributed by atoms with Crippen LogP contribution >= 0.6 is 0 Å². The van der Waals surface area contributed by atoms with Crippen molar-refractivity contribution in [3.63, 3.8) is 0 Å². The van der Waals surface area contributed by atoms with E-state index in [1.54, 1.807) is 37.8 Å². The van der Waals surface area contributed by atoms with Gasteiger partial charge in [-0.25, -0.2) is 4.79 Å². The summed E-state index contributed by atoms with van der Waals surface area (Å²) >= 11 is 0. The van der Waals surface area contributed by atoms with Gasteiger partial charge in [-0.3, -0.25) is 9.59 Å². The molecule has 0 bridgehead atoms. The third kappa shape index (κ3) is 10.4. The molecule has 0 heterocycles. The van der Waals surface area contributed by atoms with Gasteiger partial charge in [0.25, 0.3) is 0 Å². The van der Waals surface area contributed by atoms with E-state index in [4.69, 9.17) is 11.2 Å². The standard InChI is InChI=1S/C33H45N3O4/c1-8-10-11-17-22-36(29(30(37)34-24(3)4)27-21-16-15-20-26(27)9-2)31(38)28(23-25-18-13-12-14-19-25)35-32(39)40-33(5,6)7/h2,12-16,18-21,24,28-29H,8,10-11,17,22-23H2,1,3-7H3,(H,34,37)(H,35,39). The molecule has 216 valence electrons. The fourth-order valence-corrected chi connectivity index (χ4v) is 4.46. The molecule has 0 aliphatic carbocycles. The van der Waals surface area contributed by atoms with Crippen molar-refractivity contribution in [2.24, 2.45) is 0 Å². The van der Waals surface area contributed by atoms with Gasteiger partial charge in [0.1, 0.15) is 17.7 Å². The molecule has 0 fully saturated rings. The molecular weight excluding hydrogens is 502 g/mol. The van der Waals surface area contributed by atoms with Gasteiger partial charge < -0.3 is 20.3 Å². The molecule has 3 amide bonds. The number of hydrogen-bond donors (Lipinski definition) is 2. The van der Waals surface area contributed by atoms with E-state index in [9.17, 15) is 14.4 Å². The molecule has 0 aliphatic heterocycles. The largest absolute Gasteiger partial charge is 0.444 e. The van der Waals surface area contributed by atoms with E-state index in [0.29, 0.717) is 24.1 Å². The highest BCUT2D eigenvalue weighted by molar-refractivity contribution is 5.92. The Hall–Kier alpha value is -3.79. The lowest BCUT2D eigenvalue weighted by atomic mass is 9.96. The molecule has 2 atom stereocenters. The quantitative estimate of drug-likeness (QED) is 0.246. The second-order valence-electron chi connectivity index (χ2n) is 11.3. The molecule has 2 N–H and O–H groups in total. The summed E-state index contributed by atoms with van der Waals surface area (Å²) in [6.45, 7) is 11.5. The average molecular weight is 548 g/mol. The minimum atomic E-state index is -0.970. The minimum absolute atomic E-state index is 0.148. The molecule has 7 nitrogen and oxygen atoms in total. The molecule has 0 saturated heterocycles. The molecule has 40 heavy (non-hydrogen) atoms. The second kappa shape index (κ2) is 15.7. The second-order valence-corrected chi connectivity index (χ2v) is 11.3. The third-order valence-electron chi connectivity index (χ3n) is 6.21. The zero-order valence-electron chi connectivity index (χ0n) is 24.8. The van der Waals surface area contributed by atoms with Crippen LogP contribution in [0.2, 0.25) is 0 Å². The molecule has 0 spiro atoms. The Morgan fingerprint density at radius 3 is 2.20 bits per heavy atom. The van der Waals surface area contributed by atoms with Gasteiger partial charge in [-0.05, 0) is 58.2 Å². The molecule has 2 rings (SSSR count). The van der Waals surface area contributed by atoms with Gasteiger partial charge in [-0.1, -0.05) is 80.6 Å². The summed E-state index contributed by atoms with van der Waals surface area (Å²) in [5.74, 6) is 1.98. The van der Waals surface area contributed by atoms with Crippen LogP contribution in [-0.4, -0.2) is 47.0 Å². The molecule has 7 heteroatoms. The first-order valence-corrected chi connectivity index (χ1v) is 14.2. The Bertz CT molecular complexity index is 1150. The number of benzene rings is 2. The number of nitrogens with zero attached hydrogens (tertiary/aromatic N) is 1. The zero-order chi connectivity index (χ0) is 29.7. The van der Waals surface area contributed by atoms with Crippen LogP contribution < -0.4 is 10.6 Å². The molecule has 2 aromatic carbocycles. The highest BCUT2D eigenvalue weighted by Crippen LogP contribution is 2.27. The van der Waals surface area contributed by atoms with Gasteiger partial charge in [-0.2, -0.15) is 0 Å². The van der Waals surface area contributed by atoms with Crippen molar-refractivity contribution in [3.05, 3.63) is 71.3 Å². The zero-order valence-corrected chi connectivity index (χ0v) is 24.8. The summed E-state index contributed by atoms with van der Waals surface area (Å²) in [7, 11) is 0. The molecule has 0 saturated carbocycles. The molecule has 0 aliphatic rings. The van der Waals surface area contributed by atoms with E-state index in [0.717, 1.165) is 24.8 Å². The number of rotatable bonds is 13. The van der Waals surface area contributed by atoms with Crippen LogP contribution in [0.25, 0.3) is 0 Å². The molecule has 2 aromatic rings. The van der Waals surface area contributed by atoms with Gasteiger partial charge in [0.15, 0.2) is 0 Å². The maximum Gasteiger partial charge on any atom is 0.408 e. The van der Waals surface area contributed by atoms with Gasteiger partial charge in [0, 0.05) is 24.6 Å². The van der Waals surface area contributed by atoms with Gasteiger partial charge in [0.05, 0.1) is 0 Å². The Morgan fingerprint density at radius 1 is 0.950 bits per heavy atom. The summed E-state index contributed by atoms with van der Waals surface area (Å²) < 4.78 is 5.50. The molecule has 0 aromatic heterocycles. The van der Waals surface area contributed by atoms with Crippen molar-refractivity contribution in [3.8, 4) is 12.3 Å². The number of ether oxygens (including phenoxy) is 1. The SMILES string of the molecule is C#Cc1ccccc1C(C(=O)NC(C)C)N(CCCCCC)C(=O)C(Cc1ccccc1)NC(=O)OC(C)(C)C. The number of carbonyl (C=O) groups is 3. The van der Waals surface area contributed by atoms with E-state index >= 15 is 0 Å². The highest BCUT2D eigenvalue weighted by atomic mass is 16.6. The Labute approximate surface area is 240 Å². The minimum Gasteiger partial charge on any atom is -0.444 e. The summed E-state index contributed by atoms with van der Waals surface area (Å²) in [4.78, 5) is 42.7. The van der Waals surface area contributed by atoms with E-state index in [1.807, 2.05) is 56.3 Å². The summed E-state index contributed by atoms with van der Waals surface area (Å²) in [6, 6.07) is 14.6. The van der Waals surface area contributed by atoms with Gasteiger partial charge >= 0.3 is 6.09 Å². The van der Waals surface area contributed by atoms with Crippen LogP contribution in [0.5, 0.6) is 0 Å². The van der Waals surface area contributed by atoms with Crippen molar-refractivity contribution in [1.29, 1.82) is 0 Å². The van der Waals surface area contributed by atoms with Crippen molar-refractivity contribution in [2.75, 3.05) is 6.54 Å². The highest BCUT2D eigenvalue weighted by Gasteiger charge is 2.37. The fraction of sp³-hybridized carbons (Fsp3) is 0.485. The van der Waals surface area contributed by atoms with Crippen LogP contribution in [0.15, 0.2) is 54.6 Å². The van der Waals surface area contributed by atoms with Crippen LogP contribution in [0.4, 0.5) is 4.79 Å². The monoisotopic (exact) mass is 547 g/mol. The molecule has 0 radical (unpaired) electrons. The lowest BCUT2D eigenvalue weighted by molar-refractivity contribution is -0.142. The van der Waals surface area contributed by atoms with Crippen LogP contribution in [0.1, 0.15) is 90.0 Å². The average Bonchev–Trinajstić information content (AvgIpc) is 2.89. The molecule has 2 unspecified atom stereocenters. The van der Waals surface area contributed by atoms with Crippen molar-refractivity contribution < 1.29 is 19.1 Å². The predicted molar refractivity (Wildman–Crippen MR) is 160 cm³/mol. The number of alkyl carbamates (subject to hydrolysis) is 1. The number of unbranched alkanes of at least 4 members (excludes halogenated alkanes) is 3. The summed E-state index contributed by atoms with van der Waals surface area (Å²) in [5.41, 5.74) is 1.24. The smallest absolute Gasteiger partial charge is 0.408 e. The lowest BCUT2D eigenvalue weighted by Crippen LogP contribution is -2.54.